The average molecular weight is 262 g/mol. The van der Waals surface area contributed by atoms with Crippen LogP contribution in [0.2, 0.25) is 5.15 Å². The summed E-state index contributed by atoms with van der Waals surface area (Å²) >= 11 is 5.81. The molecule has 1 N–H and O–H groups in total. The zero-order chi connectivity index (χ0) is 12.8. The molecule has 18 heavy (non-hydrogen) atoms. The second kappa shape index (κ2) is 6.03. The third-order valence-electron chi connectivity index (χ3n) is 2.35. The molecular weight excluding hydrogens is 250 g/mol. The highest BCUT2D eigenvalue weighted by atomic mass is 35.5. The Morgan fingerprint density at radius 2 is 2.33 bits per heavy atom. The zero-order valence-corrected chi connectivity index (χ0v) is 10.4. The molecule has 0 bridgehead atoms. The van der Waals surface area contributed by atoms with Crippen LogP contribution in [0.4, 0.5) is 5.82 Å². The number of pyridine rings is 1. The van der Waals surface area contributed by atoms with Crippen LogP contribution in [-0.2, 0) is 6.54 Å². The number of anilines is 1. The van der Waals surface area contributed by atoms with Crippen molar-refractivity contribution in [3.8, 4) is 6.07 Å². The molecule has 0 spiro atoms. The maximum atomic E-state index is 8.81. The van der Waals surface area contributed by atoms with Gasteiger partial charge in [0.2, 0.25) is 0 Å². The molecule has 2 aromatic heterocycles. The van der Waals surface area contributed by atoms with Gasteiger partial charge in [-0.3, -0.25) is 4.68 Å². The summed E-state index contributed by atoms with van der Waals surface area (Å²) in [6.45, 7) is 1.59. The monoisotopic (exact) mass is 261 g/mol. The number of nitrogens with one attached hydrogen (secondary N) is 1. The van der Waals surface area contributed by atoms with E-state index in [1.807, 2.05) is 23.0 Å². The van der Waals surface area contributed by atoms with Gasteiger partial charge in [0, 0.05) is 25.5 Å². The van der Waals surface area contributed by atoms with Crippen molar-refractivity contribution in [1.82, 2.24) is 14.8 Å². The number of hydrogen-bond acceptors (Lipinski definition) is 4. The van der Waals surface area contributed by atoms with Gasteiger partial charge in [-0.05, 0) is 24.6 Å². The van der Waals surface area contributed by atoms with Crippen molar-refractivity contribution in [2.45, 2.75) is 13.0 Å². The van der Waals surface area contributed by atoms with Gasteiger partial charge in [0.05, 0.1) is 11.6 Å². The molecule has 2 rings (SSSR count). The van der Waals surface area contributed by atoms with Gasteiger partial charge in [-0.25, -0.2) is 4.98 Å². The Balaban J connectivity index is 1.83. The van der Waals surface area contributed by atoms with E-state index in [-0.39, 0.29) is 0 Å². The third-order valence-corrected chi connectivity index (χ3v) is 2.55. The lowest BCUT2D eigenvalue weighted by atomic mass is 10.3. The molecule has 0 unspecified atom stereocenters. The highest BCUT2D eigenvalue weighted by Crippen LogP contribution is 2.13. The Bertz CT molecular complexity index is 544. The zero-order valence-electron chi connectivity index (χ0n) is 9.67. The Labute approximate surface area is 110 Å². The molecule has 0 saturated carbocycles. The molecule has 0 aromatic carbocycles. The molecule has 0 aliphatic carbocycles. The van der Waals surface area contributed by atoms with Crippen LogP contribution >= 0.6 is 11.6 Å². The van der Waals surface area contributed by atoms with Crippen molar-refractivity contribution < 1.29 is 0 Å². The molecule has 0 saturated heterocycles. The Kier molecular flexibility index (Phi) is 4.15. The van der Waals surface area contributed by atoms with Gasteiger partial charge in [-0.1, -0.05) is 11.6 Å². The number of hydrogen-bond donors (Lipinski definition) is 1. The fourth-order valence-corrected chi connectivity index (χ4v) is 1.75. The minimum atomic E-state index is 0.323. The van der Waals surface area contributed by atoms with Crippen LogP contribution in [0.5, 0.6) is 0 Å². The van der Waals surface area contributed by atoms with Crippen LogP contribution < -0.4 is 5.32 Å². The molecule has 0 amide bonds. The van der Waals surface area contributed by atoms with Gasteiger partial charge in [-0.15, -0.1) is 0 Å². The van der Waals surface area contributed by atoms with E-state index >= 15 is 0 Å². The first-order chi connectivity index (χ1) is 8.78. The summed E-state index contributed by atoms with van der Waals surface area (Å²) in [6, 6.07) is 7.15. The van der Waals surface area contributed by atoms with Crippen LogP contribution in [0.15, 0.2) is 30.6 Å². The lowest BCUT2D eigenvalue weighted by Crippen LogP contribution is -2.08. The first-order valence-corrected chi connectivity index (χ1v) is 5.95. The predicted molar refractivity (Wildman–Crippen MR) is 69.3 cm³/mol. The van der Waals surface area contributed by atoms with E-state index < -0.39 is 0 Å². The van der Waals surface area contributed by atoms with Crippen LogP contribution in [0, 0.1) is 11.3 Å². The number of nitriles is 1. The van der Waals surface area contributed by atoms with Crippen LogP contribution in [0.25, 0.3) is 0 Å². The van der Waals surface area contributed by atoms with Gasteiger partial charge in [0.1, 0.15) is 11.0 Å². The molecule has 2 heterocycles. The van der Waals surface area contributed by atoms with Gasteiger partial charge >= 0.3 is 0 Å². The minimum Gasteiger partial charge on any atom is -0.370 e. The standard InChI is InChI=1S/C12H12ClN5/c13-11-7-10(9-14)8-12(17-11)15-3-1-5-18-6-2-4-16-18/h2,4,6-8H,1,3,5H2,(H,15,17). The summed E-state index contributed by atoms with van der Waals surface area (Å²) in [6.07, 6.45) is 4.59. The largest absolute Gasteiger partial charge is 0.370 e. The molecule has 0 radical (unpaired) electrons. The fraction of sp³-hybridized carbons (Fsp3) is 0.250. The summed E-state index contributed by atoms with van der Waals surface area (Å²) in [5.41, 5.74) is 0.504. The molecule has 0 aliphatic heterocycles. The van der Waals surface area contributed by atoms with Crippen molar-refractivity contribution in [2.75, 3.05) is 11.9 Å². The molecule has 0 fully saturated rings. The third kappa shape index (κ3) is 3.47. The minimum absolute atomic E-state index is 0.323. The lowest BCUT2D eigenvalue weighted by Gasteiger charge is -2.06. The maximum absolute atomic E-state index is 8.81. The van der Waals surface area contributed by atoms with Crippen molar-refractivity contribution >= 4 is 17.4 Å². The normalized spacial score (nSPS) is 10.0. The Morgan fingerprint density at radius 1 is 1.44 bits per heavy atom. The van der Waals surface area contributed by atoms with Crippen LogP contribution in [-0.4, -0.2) is 21.3 Å². The summed E-state index contributed by atoms with van der Waals surface area (Å²) in [5.74, 6) is 0.625. The quantitative estimate of drug-likeness (QED) is 0.662. The SMILES string of the molecule is N#Cc1cc(Cl)nc(NCCCn2cccn2)c1. The number of aromatic nitrogens is 3. The lowest BCUT2D eigenvalue weighted by molar-refractivity contribution is 0.591. The first kappa shape index (κ1) is 12.4. The Hall–Kier alpha value is -2.06. The molecule has 5 nitrogen and oxygen atoms in total. The highest BCUT2D eigenvalue weighted by molar-refractivity contribution is 6.29. The molecule has 2 aromatic rings. The van der Waals surface area contributed by atoms with Crippen molar-refractivity contribution in [3.63, 3.8) is 0 Å². The predicted octanol–water partition coefficient (Wildman–Crippen LogP) is 2.31. The number of nitrogens with zero attached hydrogens (tertiary/aromatic N) is 4. The summed E-state index contributed by atoms with van der Waals surface area (Å²) in [5, 5.41) is 16.4. The van der Waals surface area contributed by atoms with Gasteiger partial charge in [0.25, 0.3) is 0 Å². The number of aryl methyl sites for hydroxylation is 1. The molecule has 6 heteroatoms. The number of rotatable bonds is 5. The van der Waals surface area contributed by atoms with Crippen molar-refractivity contribution in [1.29, 1.82) is 5.26 Å². The number of halogens is 1. The second-order valence-electron chi connectivity index (χ2n) is 3.73. The second-order valence-corrected chi connectivity index (χ2v) is 4.11. The van der Waals surface area contributed by atoms with Gasteiger partial charge < -0.3 is 5.32 Å². The topological polar surface area (TPSA) is 66.5 Å². The van der Waals surface area contributed by atoms with E-state index in [0.717, 1.165) is 19.5 Å². The molecule has 0 aliphatic rings. The van der Waals surface area contributed by atoms with Gasteiger partial charge in [0.15, 0.2) is 0 Å². The van der Waals surface area contributed by atoms with Crippen molar-refractivity contribution in [3.05, 3.63) is 41.3 Å². The smallest absolute Gasteiger partial charge is 0.132 e. The van der Waals surface area contributed by atoms with E-state index in [0.29, 0.717) is 16.5 Å². The van der Waals surface area contributed by atoms with E-state index in [2.05, 4.69) is 15.4 Å². The van der Waals surface area contributed by atoms with Crippen LogP contribution in [0.1, 0.15) is 12.0 Å². The van der Waals surface area contributed by atoms with Crippen LogP contribution in [0.3, 0.4) is 0 Å². The highest BCUT2D eigenvalue weighted by Gasteiger charge is 2.00. The first-order valence-electron chi connectivity index (χ1n) is 5.57. The van der Waals surface area contributed by atoms with E-state index in [4.69, 9.17) is 16.9 Å². The average Bonchev–Trinajstić information content (AvgIpc) is 2.87. The van der Waals surface area contributed by atoms with Gasteiger partial charge in [-0.2, -0.15) is 10.4 Å². The summed E-state index contributed by atoms with van der Waals surface area (Å²) < 4.78 is 1.87. The van der Waals surface area contributed by atoms with E-state index in [1.165, 1.54) is 6.07 Å². The van der Waals surface area contributed by atoms with Crippen molar-refractivity contribution in [2.24, 2.45) is 0 Å². The molecule has 0 atom stereocenters. The Morgan fingerprint density at radius 3 is 3.06 bits per heavy atom. The van der Waals surface area contributed by atoms with E-state index in [9.17, 15) is 0 Å². The summed E-state index contributed by atoms with van der Waals surface area (Å²) in [7, 11) is 0. The summed E-state index contributed by atoms with van der Waals surface area (Å²) in [4.78, 5) is 4.10. The van der Waals surface area contributed by atoms with E-state index in [1.54, 1.807) is 12.3 Å². The molecular formula is C12H12ClN5. The maximum Gasteiger partial charge on any atom is 0.132 e. The molecule has 92 valence electrons. The fourth-order valence-electron chi connectivity index (χ4n) is 1.54.